The molecule has 0 spiro atoms. The van der Waals surface area contributed by atoms with Gasteiger partial charge < -0.3 is 28.7 Å². The van der Waals surface area contributed by atoms with E-state index in [1.54, 1.807) is 12.3 Å². The van der Waals surface area contributed by atoms with E-state index in [2.05, 4.69) is 9.97 Å². The molecule has 9 heteroatoms. The molecule has 2 N–H and O–H groups in total. The average Bonchev–Trinajstić information content (AvgIpc) is 3.21. The van der Waals surface area contributed by atoms with Crippen molar-refractivity contribution in [3.8, 4) is 0 Å². The highest BCUT2D eigenvalue weighted by molar-refractivity contribution is 5.21. The fourth-order valence-electron chi connectivity index (χ4n) is 3.32. The molecule has 0 aliphatic carbocycles. The molecule has 2 aromatic rings. The van der Waals surface area contributed by atoms with Crippen LogP contribution in [0, 0.1) is 0 Å². The zero-order valence-electron chi connectivity index (χ0n) is 16.9. The summed E-state index contributed by atoms with van der Waals surface area (Å²) in [7, 11) is 0. The van der Waals surface area contributed by atoms with Gasteiger partial charge in [0.15, 0.2) is 5.82 Å². The second kappa shape index (κ2) is 10.7. The molecule has 3 rings (SSSR count). The first-order valence-electron chi connectivity index (χ1n) is 9.96. The van der Waals surface area contributed by atoms with Gasteiger partial charge in [-0.05, 0) is 26.0 Å². The molecule has 3 heterocycles. The van der Waals surface area contributed by atoms with Gasteiger partial charge in [0.1, 0.15) is 12.4 Å². The predicted molar refractivity (Wildman–Crippen MR) is 104 cm³/mol. The highest BCUT2D eigenvalue weighted by Crippen LogP contribution is 2.19. The Morgan fingerprint density at radius 2 is 2.14 bits per heavy atom. The average molecular weight is 407 g/mol. The number of hydrogen-bond donors (Lipinski definition) is 2. The molecule has 29 heavy (non-hydrogen) atoms. The van der Waals surface area contributed by atoms with Crippen LogP contribution in [0.2, 0.25) is 0 Å². The van der Waals surface area contributed by atoms with Gasteiger partial charge in [-0.2, -0.15) is 0 Å². The van der Waals surface area contributed by atoms with Crippen LogP contribution >= 0.6 is 0 Å². The second-order valence-electron chi connectivity index (χ2n) is 6.85. The van der Waals surface area contributed by atoms with E-state index >= 15 is 0 Å². The zero-order chi connectivity index (χ0) is 20.6. The number of hydrogen-bond acceptors (Lipinski definition) is 8. The van der Waals surface area contributed by atoms with Crippen LogP contribution in [0.5, 0.6) is 0 Å². The summed E-state index contributed by atoms with van der Waals surface area (Å²) in [6.45, 7) is 6.71. The first-order valence-corrected chi connectivity index (χ1v) is 9.96. The minimum Gasteiger partial charge on any atom is -0.467 e. The number of nitrogens with one attached hydrogen (secondary N) is 1. The molecule has 9 nitrogen and oxygen atoms in total. The molecular weight excluding hydrogens is 378 g/mol. The lowest BCUT2D eigenvalue weighted by atomic mass is 10.1. The number of H-pyrrole nitrogens is 1. The molecule has 1 aliphatic heterocycles. The van der Waals surface area contributed by atoms with Gasteiger partial charge in [0.05, 0.1) is 30.2 Å². The molecule has 0 unspecified atom stereocenters. The van der Waals surface area contributed by atoms with Crippen LogP contribution < -0.4 is 5.56 Å². The molecule has 0 radical (unpaired) electrons. The molecule has 0 saturated heterocycles. The van der Waals surface area contributed by atoms with Crippen LogP contribution in [-0.4, -0.2) is 59.0 Å². The summed E-state index contributed by atoms with van der Waals surface area (Å²) in [5.41, 5.74) is 1.19. The highest BCUT2D eigenvalue weighted by Gasteiger charge is 2.25. The van der Waals surface area contributed by atoms with Crippen LogP contribution in [0.3, 0.4) is 0 Å². The van der Waals surface area contributed by atoms with Crippen molar-refractivity contribution in [1.82, 2.24) is 14.9 Å². The first-order chi connectivity index (χ1) is 14.1. The van der Waals surface area contributed by atoms with Gasteiger partial charge in [-0.3, -0.25) is 9.69 Å². The van der Waals surface area contributed by atoms with E-state index in [1.807, 2.05) is 24.8 Å². The Labute approximate surface area is 169 Å². The van der Waals surface area contributed by atoms with Gasteiger partial charge in [-0.15, -0.1) is 0 Å². The maximum Gasteiger partial charge on any atom is 0.255 e. The van der Waals surface area contributed by atoms with Gasteiger partial charge in [0, 0.05) is 39.3 Å². The summed E-state index contributed by atoms with van der Waals surface area (Å²) >= 11 is 0. The fraction of sp³-hybridized carbons (Fsp3) is 0.600. The quantitative estimate of drug-likeness (QED) is 0.538. The van der Waals surface area contributed by atoms with Crippen molar-refractivity contribution in [2.45, 2.75) is 45.8 Å². The van der Waals surface area contributed by atoms with Crippen molar-refractivity contribution in [3.63, 3.8) is 0 Å². The van der Waals surface area contributed by atoms with Crippen molar-refractivity contribution in [2.24, 2.45) is 0 Å². The van der Waals surface area contributed by atoms with Crippen molar-refractivity contribution in [1.29, 1.82) is 0 Å². The van der Waals surface area contributed by atoms with Crippen LogP contribution in [0.15, 0.2) is 27.6 Å². The number of fused-ring (bicyclic) bond motifs is 1. The van der Waals surface area contributed by atoms with Gasteiger partial charge in [0.2, 0.25) is 6.29 Å². The van der Waals surface area contributed by atoms with Crippen molar-refractivity contribution in [2.75, 3.05) is 32.9 Å². The topological polar surface area (TPSA) is 110 Å². The van der Waals surface area contributed by atoms with E-state index in [0.29, 0.717) is 57.3 Å². The number of rotatable bonds is 11. The van der Waals surface area contributed by atoms with E-state index in [1.165, 1.54) is 0 Å². The molecule has 160 valence electrons. The third-order valence-electron chi connectivity index (χ3n) is 4.63. The summed E-state index contributed by atoms with van der Waals surface area (Å²) in [4.78, 5) is 22.0. The largest absolute Gasteiger partial charge is 0.467 e. The molecule has 0 saturated carbocycles. The lowest BCUT2D eigenvalue weighted by Gasteiger charge is -2.29. The van der Waals surface area contributed by atoms with Gasteiger partial charge >= 0.3 is 0 Å². The van der Waals surface area contributed by atoms with Crippen LogP contribution in [0.4, 0.5) is 0 Å². The van der Waals surface area contributed by atoms with Gasteiger partial charge in [-0.1, -0.05) is 0 Å². The van der Waals surface area contributed by atoms with Crippen molar-refractivity contribution >= 4 is 0 Å². The number of β-amino-alcohol motifs (C(OH)–C–C–N with tert-alkyl or cyclic N) is 1. The van der Waals surface area contributed by atoms with Crippen molar-refractivity contribution in [3.05, 3.63) is 51.6 Å². The zero-order valence-corrected chi connectivity index (χ0v) is 16.9. The molecule has 0 bridgehead atoms. The normalized spacial score (nSPS) is 15.6. The maximum atomic E-state index is 12.6. The second-order valence-corrected chi connectivity index (χ2v) is 6.85. The summed E-state index contributed by atoms with van der Waals surface area (Å²) in [6, 6.07) is 3.62. The third kappa shape index (κ3) is 5.97. The van der Waals surface area contributed by atoms with Crippen LogP contribution in [0.25, 0.3) is 0 Å². The molecular formula is C20H29N3O6. The van der Waals surface area contributed by atoms with E-state index in [9.17, 15) is 9.90 Å². The molecule has 2 aromatic heterocycles. The van der Waals surface area contributed by atoms with Crippen molar-refractivity contribution < 1.29 is 23.7 Å². The predicted octanol–water partition coefficient (Wildman–Crippen LogP) is 1.37. The maximum absolute atomic E-state index is 12.6. The van der Waals surface area contributed by atoms with Gasteiger partial charge in [-0.25, -0.2) is 4.98 Å². The number of aliphatic hydroxyl groups is 1. The Morgan fingerprint density at radius 3 is 2.83 bits per heavy atom. The van der Waals surface area contributed by atoms with Gasteiger partial charge in [0.25, 0.3) is 5.56 Å². The SMILES string of the molecule is CCOC(OCC)c1nc2c(c(=O)[nH]1)CN(C[C@H](O)COCc1ccco1)CC2. The summed E-state index contributed by atoms with van der Waals surface area (Å²) in [5, 5.41) is 10.3. The molecule has 0 aromatic carbocycles. The lowest BCUT2D eigenvalue weighted by Crippen LogP contribution is -2.41. The summed E-state index contributed by atoms with van der Waals surface area (Å²) < 4.78 is 21.7. The third-order valence-corrected chi connectivity index (χ3v) is 4.63. The number of aromatic nitrogens is 2. The van der Waals surface area contributed by atoms with E-state index in [-0.39, 0.29) is 12.2 Å². The van der Waals surface area contributed by atoms with Crippen LogP contribution in [0.1, 0.15) is 43.0 Å². The fourth-order valence-corrected chi connectivity index (χ4v) is 3.32. The number of aliphatic hydroxyl groups excluding tert-OH is 1. The Hall–Kier alpha value is -2.04. The Balaban J connectivity index is 1.56. The summed E-state index contributed by atoms with van der Waals surface area (Å²) in [5.74, 6) is 1.12. The molecule has 1 aliphatic rings. The minimum atomic E-state index is -0.672. The number of aromatic amines is 1. The minimum absolute atomic E-state index is 0.192. The number of nitrogens with zero attached hydrogens (tertiary/aromatic N) is 2. The number of furan rings is 1. The first kappa shape index (κ1) is 21.7. The molecule has 0 fully saturated rings. The smallest absolute Gasteiger partial charge is 0.255 e. The monoisotopic (exact) mass is 407 g/mol. The highest BCUT2D eigenvalue weighted by atomic mass is 16.7. The Kier molecular flexibility index (Phi) is 7.96. The van der Waals surface area contributed by atoms with E-state index < -0.39 is 12.4 Å². The van der Waals surface area contributed by atoms with Crippen LogP contribution in [-0.2, 0) is 33.8 Å². The lowest BCUT2D eigenvalue weighted by molar-refractivity contribution is -0.145. The van der Waals surface area contributed by atoms with E-state index in [0.717, 1.165) is 11.5 Å². The number of ether oxygens (including phenoxy) is 3. The molecule has 0 amide bonds. The Morgan fingerprint density at radius 1 is 1.34 bits per heavy atom. The standard InChI is InChI=1S/C20H29N3O6/c1-3-27-20(28-4-2)18-21-17-7-8-23(11-16(17)19(25)22-18)10-14(24)12-26-13-15-6-5-9-29-15/h5-6,9,14,20,24H,3-4,7-8,10-13H2,1-2H3,(H,21,22,25)/t14-/m0/s1. The molecule has 1 atom stereocenters. The Bertz CT molecular complexity index is 801. The summed E-state index contributed by atoms with van der Waals surface area (Å²) in [6.07, 6.45) is 0.881. The van der Waals surface area contributed by atoms with E-state index in [4.69, 9.17) is 18.6 Å².